The van der Waals surface area contributed by atoms with Crippen LogP contribution in [-0.2, 0) is 11.0 Å². The molecule has 0 bridgehead atoms. The van der Waals surface area contributed by atoms with Gasteiger partial charge in [-0.2, -0.15) is 13.2 Å². The van der Waals surface area contributed by atoms with Crippen molar-refractivity contribution in [3.63, 3.8) is 0 Å². The molecule has 0 saturated heterocycles. The summed E-state index contributed by atoms with van der Waals surface area (Å²) in [5, 5.41) is 11.4. The summed E-state index contributed by atoms with van der Waals surface area (Å²) in [5.41, 5.74) is -2.11. The standard InChI is InChI=1S/C18H16F3NO4/c1-17(2,16(24)25)26-14-8-6-11(7-9-14)15(23)22-13-5-3-4-12(10-13)18(19,20)21/h3-10H,1-2H3,(H,22,23)(H,24,25). The van der Waals surface area contributed by atoms with Gasteiger partial charge in [0.2, 0.25) is 0 Å². The van der Waals surface area contributed by atoms with Crippen molar-refractivity contribution in [2.24, 2.45) is 0 Å². The van der Waals surface area contributed by atoms with Crippen molar-refractivity contribution in [1.82, 2.24) is 0 Å². The predicted molar refractivity (Wildman–Crippen MR) is 88.2 cm³/mol. The van der Waals surface area contributed by atoms with Crippen LogP contribution in [0.25, 0.3) is 0 Å². The lowest BCUT2D eigenvalue weighted by Crippen LogP contribution is -2.37. The summed E-state index contributed by atoms with van der Waals surface area (Å²) in [4.78, 5) is 23.2. The van der Waals surface area contributed by atoms with Crippen LogP contribution in [0.5, 0.6) is 5.75 Å². The minimum atomic E-state index is -4.50. The third kappa shape index (κ3) is 4.75. The van der Waals surface area contributed by atoms with E-state index in [1.165, 1.54) is 50.2 Å². The monoisotopic (exact) mass is 367 g/mol. The number of aliphatic carboxylic acids is 1. The minimum Gasteiger partial charge on any atom is -0.478 e. The number of carbonyl (C=O) groups excluding carboxylic acids is 1. The van der Waals surface area contributed by atoms with E-state index in [4.69, 9.17) is 9.84 Å². The van der Waals surface area contributed by atoms with E-state index in [-0.39, 0.29) is 17.0 Å². The first-order valence-electron chi connectivity index (χ1n) is 7.50. The van der Waals surface area contributed by atoms with Gasteiger partial charge < -0.3 is 15.2 Å². The van der Waals surface area contributed by atoms with Gasteiger partial charge in [0.05, 0.1) is 5.56 Å². The van der Waals surface area contributed by atoms with E-state index in [2.05, 4.69) is 5.32 Å². The summed E-state index contributed by atoms with van der Waals surface area (Å²) in [7, 11) is 0. The summed E-state index contributed by atoms with van der Waals surface area (Å²) in [6.07, 6.45) is -4.50. The molecule has 0 radical (unpaired) electrons. The van der Waals surface area contributed by atoms with Gasteiger partial charge in [0.1, 0.15) is 5.75 Å². The lowest BCUT2D eigenvalue weighted by molar-refractivity contribution is -0.152. The third-order valence-electron chi connectivity index (χ3n) is 3.45. The van der Waals surface area contributed by atoms with Gasteiger partial charge in [0.25, 0.3) is 5.91 Å². The Bertz CT molecular complexity index is 814. The first kappa shape index (κ1) is 19.3. The number of carboxylic acid groups (broad SMARTS) is 1. The molecule has 8 heteroatoms. The topological polar surface area (TPSA) is 75.6 Å². The molecule has 0 saturated carbocycles. The van der Waals surface area contributed by atoms with Crippen molar-refractivity contribution in [3.05, 3.63) is 59.7 Å². The normalized spacial score (nSPS) is 11.7. The second-order valence-electron chi connectivity index (χ2n) is 5.97. The van der Waals surface area contributed by atoms with Gasteiger partial charge in [-0.1, -0.05) is 6.07 Å². The number of carboxylic acids is 1. The van der Waals surface area contributed by atoms with Crippen LogP contribution in [0, 0.1) is 0 Å². The summed E-state index contributed by atoms with van der Waals surface area (Å²) in [5.74, 6) is -1.51. The maximum absolute atomic E-state index is 12.7. The second kappa shape index (κ2) is 7.07. The second-order valence-corrected chi connectivity index (χ2v) is 5.97. The molecule has 0 aliphatic rings. The fourth-order valence-electron chi connectivity index (χ4n) is 1.99. The van der Waals surface area contributed by atoms with Gasteiger partial charge in [-0.05, 0) is 56.3 Å². The van der Waals surface area contributed by atoms with Gasteiger partial charge in [-0.3, -0.25) is 4.79 Å². The van der Waals surface area contributed by atoms with E-state index in [1.807, 2.05) is 0 Å². The molecule has 2 N–H and O–H groups in total. The Morgan fingerprint density at radius 3 is 2.19 bits per heavy atom. The Kier molecular flexibility index (Phi) is 5.25. The largest absolute Gasteiger partial charge is 0.478 e. The number of nitrogens with one attached hydrogen (secondary N) is 1. The average Bonchev–Trinajstić information content (AvgIpc) is 2.54. The third-order valence-corrected chi connectivity index (χ3v) is 3.45. The lowest BCUT2D eigenvalue weighted by Gasteiger charge is -2.21. The zero-order valence-electron chi connectivity index (χ0n) is 13.9. The first-order chi connectivity index (χ1) is 12.0. The van der Waals surface area contributed by atoms with Gasteiger partial charge in [-0.15, -0.1) is 0 Å². The van der Waals surface area contributed by atoms with E-state index in [0.29, 0.717) is 0 Å². The molecule has 0 heterocycles. The highest BCUT2D eigenvalue weighted by Crippen LogP contribution is 2.30. The van der Waals surface area contributed by atoms with Crippen molar-refractivity contribution in [2.75, 3.05) is 5.32 Å². The van der Waals surface area contributed by atoms with Gasteiger partial charge in [0, 0.05) is 11.3 Å². The maximum atomic E-state index is 12.7. The summed E-state index contributed by atoms with van der Waals surface area (Å²) in [6.45, 7) is 2.76. The van der Waals surface area contributed by atoms with Gasteiger partial charge >= 0.3 is 12.1 Å². The molecule has 0 spiro atoms. The van der Waals surface area contributed by atoms with E-state index in [9.17, 15) is 22.8 Å². The highest BCUT2D eigenvalue weighted by atomic mass is 19.4. The van der Waals surface area contributed by atoms with Crippen LogP contribution in [0.4, 0.5) is 18.9 Å². The van der Waals surface area contributed by atoms with E-state index in [1.54, 1.807) is 0 Å². The molecule has 2 aromatic rings. The number of anilines is 1. The molecule has 0 aromatic heterocycles. The van der Waals surface area contributed by atoms with Crippen LogP contribution in [0.3, 0.4) is 0 Å². The smallest absolute Gasteiger partial charge is 0.416 e. The SMILES string of the molecule is CC(C)(Oc1ccc(C(=O)Nc2cccc(C(F)(F)F)c2)cc1)C(=O)O. The molecular formula is C18H16F3NO4. The molecule has 0 aliphatic heterocycles. The Morgan fingerprint density at radius 2 is 1.65 bits per heavy atom. The van der Waals surface area contributed by atoms with Crippen LogP contribution in [0.1, 0.15) is 29.8 Å². The fourth-order valence-corrected chi connectivity index (χ4v) is 1.99. The Hall–Kier alpha value is -3.03. The highest BCUT2D eigenvalue weighted by molar-refractivity contribution is 6.04. The molecule has 1 amide bonds. The Balaban J connectivity index is 2.10. The average molecular weight is 367 g/mol. The summed E-state index contributed by atoms with van der Waals surface area (Å²) >= 11 is 0. The zero-order chi connectivity index (χ0) is 19.5. The maximum Gasteiger partial charge on any atom is 0.416 e. The van der Waals surface area contributed by atoms with Crippen LogP contribution >= 0.6 is 0 Å². The molecule has 2 aromatic carbocycles. The predicted octanol–water partition coefficient (Wildman–Crippen LogP) is 4.20. The van der Waals surface area contributed by atoms with Gasteiger partial charge in [0.15, 0.2) is 5.60 Å². The zero-order valence-corrected chi connectivity index (χ0v) is 13.9. The van der Waals surface area contributed by atoms with Crippen molar-refractivity contribution in [2.45, 2.75) is 25.6 Å². The van der Waals surface area contributed by atoms with Crippen LogP contribution in [0.15, 0.2) is 48.5 Å². The number of amides is 1. The summed E-state index contributed by atoms with van der Waals surface area (Å²) < 4.78 is 43.4. The molecule has 2 rings (SSSR count). The van der Waals surface area contributed by atoms with Crippen molar-refractivity contribution in [1.29, 1.82) is 0 Å². The molecular weight excluding hydrogens is 351 g/mol. The molecule has 0 fully saturated rings. The Labute approximate surface area is 147 Å². The number of benzene rings is 2. The van der Waals surface area contributed by atoms with Crippen LogP contribution in [0.2, 0.25) is 0 Å². The van der Waals surface area contributed by atoms with E-state index < -0.39 is 29.2 Å². The quantitative estimate of drug-likeness (QED) is 0.831. The van der Waals surface area contributed by atoms with Crippen molar-refractivity contribution in [3.8, 4) is 5.75 Å². The number of rotatable bonds is 5. The number of ether oxygens (including phenoxy) is 1. The highest BCUT2D eigenvalue weighted by Gasteiger charge is 2.31. The fraction of sp³-hybridized carbons (Fsp3) is 0.222. The summed E-state index contributed by atoms with van der Waals surface area (Å²) in [6, 6.07) is 9.88. The van der Waals surface area contributed by atoms with E-state index >= 15 is 0 Å². The number of alkyl halides is 3. The molecule has 138 valence electrons. The van der Waals surface area contributed by atoms with Crippen LogP contribution < -0.4 is 10.1 Å². The number of hydrogen-bond donors (Lipinski definition) is 2. The lowest BCUT2D eigenvalue weighted by atomic mass is 10.1. The Morgan fingerprint density at radius 1 is 1.04 bits per heavy atom. The minimum absolute atomic E-state index is 0.0113. The number of carbonyl (C=O) groups is 2. The van der Waals surface area contributed by atoms with Crippen molar-refractivity contribution < 1.29 is 32.6 Å². The molecule has 0 aliphatic carbocycles. The molecule has 0 unspecified atom stereocenters. The molecule has 26 heavy (non-hydrogen) atoms. The first-order valence-corrected chi connectivity index (χ1v) is 7.50. The van der Waals surface area contributed by atoms with Gasteiger partial charge in [-0.25, -0.2) is 4.79 Å². The van der Waals surface area contributed by atoms with E-state index in [0.717, 1.165) is 12.1 Å². The molecule has 0 atom stereocenters. The molecule has 5 nitrogen and oxygen atoms in total. The van der Waals surface area contributed by atoms with Crippen LogP contribution in [-0.4, -0.2) is 22.6 Å². The number of hydrogen-bond acceptors (Lipinski definition) is 3. The number of halogens is 3. The van der Waals surface area contributed by atoms with Crippen molar-refractivity contribution >= 4 is 17.6 Å².